The topological polar surface area (TPSA) is 52.3 Å². The predicted molar refractivity (Wildman–Crippen MR) is 60.8 cm³/mol. The van der Waals surface area contributed by atoms with E-state index in [0.717, 1.165) is 8.95 Å². The first-order valence-electron chi connectivity index (χ1n) is 3.84. The molecule has 0 saturated heterocycles. The van der Waals surface area contributed by atoms with Crippen molar-refractivity contribution in [3.8, 4) is 0 Å². The molecular formula is C9H9Br2NO2. The minimum atomic E-state index is -0.758. The second-order valence-corrected chi connectivity index (χ2v) is 4.44. The van der Waals surface area contributed by atoms with Crippen LogP contribution in [0.3, 0.4) is 0 Å². The predicted octanol–water partition coefficient (Wildman–Crippen LogP) is 2.38. The highest BCUT2D eigenvalue weighted by Gasteiger charge is 2.18. The molecule has 0 radical (unpaired) electrons. The van der Waals surface area contributed by atoms with Crippen LogP contribution in [0.5, 0.6) is 0 Å². The first-order chi connectivity index (χ1) is 6.56. The SMILES string of the molecule is COC(=O)[C@H](N)c1cc(Br)ccc1Br. The third-order valence-corrected chi connectivity index (χ3v) is 2.96. The molecule has 0 heterocycles. The first-order valence-corrected chi connectivity index (χ1v) is 5.43. The fraction of sp³-hybridized carbons (Fsp3) is 0.222. The molecule has 14 heavy (non-hydrogen) atoms. The molecule has 3 nitrogen and oxygen atoms in total. The molecule has 0 aliphatic rings. The number of halogens is 2. The van der Waals surface area contributed by atoms with E-state index in [1.165, 1.54) is 7.11 Å². The first kappa shape index (κ1) is 11.7. The Morgan fingerprint density at radius 2 is 2.14 bits per heavy atom. The molecule has 1 aromatic carbocycles. The van der Waals surface area contributed by atoms with E-state index >= 15 is 0 Å². The summed E-state index contributed by atoms with van der Waals surface area (Å²) in [6.45, 7) is 0. The van der Waals surface area contributed by atoms with E-state index in [2.05, 4.69) is 36.6 Å². The summed E-state index contributed by atoms with van der Waals surface area (Å²) in [5.74, 6) is -0.455. The molecule has 1 atom stereocenters. The summed E-state index contributed by atoms with van der Waals surface area (Å²) < 4.78 is 6.22. The number of nitrogens with two attached hydrogens (primary N) is 1. The van der Waals surface area contributed by atoms with E-state index in [0.29, 0.717) is 5.56 Å². The van der Waals surface area contributed by atoms with Gasteiger partial charge in [-0.1, -0.05) is 31.9 Å². The third kappa shape index (κ3) is 2.56. The molecule has 0 aromatic heterocycles. The van der Waals surface area contributed by atoms with Gasteiger partial charge in [-0.3, -0.25) is 4.79 Å². The van der Waals surface area contributed by atoms with Gasteiger partial charge in [-0.2, -0.15) is 0 Å². The van der Waals surface area contributed by atoms with Crippen molar-refractivity contribution in [2.45, 2.75) is 6.04 Å². The average molecular weight is 323 g/mol. The quantitative estimate of drug-likeness (QED) is 0.851. The van der Waals surface area contributed by atoms with Gasteiger partial charge in [-0.25, -0.2) is 0 Å². The normalized spacial score (nSPS) is 12.3. The van der Waals surface area contributed by atoms with E-state index in [1.54, 1.807) is 6.07 Å². The van der Waals surface area contributed by atoms with Crippen LogP contribution in [-0.4, -0.2) is 13.1 Å². The lowest BCUT2D eigenvalue weighted by Crippen LogP contribution is -2.22. The van der Waals surface area contributed by atoms with E-state index < -0.39 is 12.0 Å². The zero-order valence-electron chi connectivity index (χ0n) is 7.46. The average Bonchev–Trinajstić information content (AvgIpc) is 2.19. The molecule has 0 fully saturated rings. The highest BCUT2D eigenvalue weighted by atomic mass is 79.9. The Labute approximate surface area is 98.9 Å². The van der Waals surface area contributed by atoms with E-state index in [9.17, 15) is 4.79 Å². The summed E-state index contributed by atoms with van der Waals surface area (Å²) in [6.07, 6.45) is 0. The van der Waals surface area contributed by atoms with Crippen molar-refractivity contribution >= 4 is 37.8 Å². The summed E-state index contributed by atoms with van der Waals surface area (Å²) in [6, 6.07) is 4.71. The molecular weight excluding hydrogens is 314 g/mol. The van der Waals surface area contributed by atoms with Gasteiger partial charge in [-0.15, -0.1) is 0 Å². The van der Waals surface area contributed by atoms with Crippen LogP contribution in [-0.2, 0) is 9.53 Å². The fourth-order valence-electron chi connectivity index (χ4n) is 1.01. The number of carbonyl (C=O) groups is 1. The molecule has 1 aromatic rings. The summed E-state index contributed by atoms with van der Waals surface area (Å²) in [4.78, 5) is 11.2. The van der Waals surface area contributed by atoms with Gasteiger partial charge < -0.3 is 10.5 Å². The van der Waals surface area contributed by atoms with Crippen LogP contribution in [0.4, 0.5) is 0 Å². The molecule has 0 aliphatic heterocycles. The van der Waals surface area contributed by atoms with E-state index in [-0.39, 0.29) is 0 Å². The maximum atomic E-state index is 11.2. The summed E-state index contributed by atoms with van der Waals surface area (Å²) in [5, 5.41) is 0. The molecule has 0 spiro atoms. The van der Waals surface area contributed by atoms with Crippen molar-refractivity contribution in [1.82, 2.24) is 0 Å². The minimum Gasteiger partial charge on any atom is -0.468 e. The Bertz CT molecular complexity index is 355. The standard InChI is InChI=1S/C9H9Br2NO2/c1-14-9(13)8(12)6-4-5(10)2-3-7(6)11/h2-4,8H,12H2,1H3/t8-/m1/s1. The molecule has 2 N–H and O–H groups in total. The monoisotopic (exact) mass is 321 g/mol. The van der Waals surface area contributed by atoms with Crippen LogP contribution in [0.2, 0.25) is 0 Å². The Morgan fingerprint density at radius 3 is 2.71 bits per heavy atom. The molecule has 0 aliphatic carbocycles. The van der Waals surface area contributed by atoms with Gasteiger partial charge in [-0.05, 0) is 23.8 Å². The van der Waals surface area contributed by atoms with E-state index in [4.69, 9.17) is 5.73 Å². The van der Waals surface area contributed by atoms with Crippen molar-refractivity contribution < 1.29 is 9.53 Å². The molecule has 5 heteroatoms. The van der Waals surface area contributed by atoms with Crippen LogP contribution in [0.1, 0.15) is 11.6 Å². The Hall–Kier alpha value is -0.390. The van der Waals surface area contributed by atoms with Gasteiger partial charge in [0, 0.05) is 8.95 Å². The molecule has 1 rings (SSSR count). The van der Waals surface area contributed by atoms with Crippen molar-refractivity contribution in [3.05, 3.63) is 32.7 Å². The Balaban J connectivity index is 3.05. The van der Waals surface area contributed by atoms with Crippen LogP contribution >= 0.6 is 31.9 Å². The van der Waals surface area contributed by atoms with Crippen molar-refractivity contribution in [2.24, 2.45) is 5.73 Å². The van der Waals surface area contributed by atoms with Gasteiger partial charge in [0.15, 0.2) is 0 Å². The lowest BCUT2D eigenvalue weighted by atomic mass is 10.1. The van der Waals surface area contributed by atoms with Crippen molar-refractivity contribution in [2.75, 3.05) is 7.11 Å². The zero-order valence-corrected chi connectivity index (χ0v) is 10.6. The van der Waals surface area contributed by atoms with Gasteiger partial charge in [0.25, 0.3) is 0 Å². The van der Waals surface area contributed by atoms with Crippen molar-refractivity contribution in [1.29, 1.82) is 0 Å². The van der Waals surface area contributed by atoms with Crippen LogP contribution in [0, 0.1) is 0 Å². The second kappa shape index (κ2) is 4.91. The Morgan fingerprint density at radius 1 is 1.50 bits per heavy atom. The van der Waals surface area contributed by atoms with Gasteiger partial charge >= 0.3 is 5.97 Å². The summed E-state index contributed by atoms with van der Waals surface area (Å²) in [7, 11) is 1.31. The van der Waals surface area contributed by atoms with E-state index in [1.807, 2.05) is 12.1 Å². The van der Waals surface area contributed by atoms with Gasteiger partial charge in [0.2, 0.25) is 0 Å². The van der Waals surface area contributed by atoms with Crippen molar-refractivity contribution in [3.63, 3.8) is 0 Å². The number of benzene rings is 1. The lowest BCUT2D eigenvalue weighted by molar-refractivity contribution is -0.142. The summed E-state index contributed by atoms with van der Waals surface area (Å²) >= 11 is 6.63. The molecule has 0 saturated carbocycles. The molecule has 0 bridgehead atoms. The smallest absolute Gasteiger partial charge is 0.327 e. The highest BCUT2D eigenvalue weighted by Crippen LogP contribution is 2.26. The maximum absolute atomic E-state index is 11.2. The molecule has 0 amide bonds. The maximum Gasteiger partial charge on any atom is 0.327 e. The number of ether oxygens (including phenoxy) is 1. The summed E-state index contributed by atoms with van der Waals surface area (Å²) in [5.41, 5.74) is 6.39. The van der Waals surface area contributed by atoms with Crippen LogP contribution in [0.25, 0.3) is 0 Å². The van der Waals surface area contributed by atoms with Gasteiger partial charge in [0.1, 0.15) is 6.04 Å². The lowest BCUT2D eigenvalue weighted by Gasteiger charge is -2.11. The minimum absolute atomic E-state index is 0.455. The number of hydrogen-bond acceptors (Lipinski definition) is 3. The fourth-order valence-corrected chi connectivity index (χ4v) is 1.88. The molecule has 0 unspecified atom stereocenters. The van der Waals surface area contributed by atoms with Gasteiger partial charge in [0.05, 0.1) is 7.11 Å². The number of hydrogen-bond donors (Lipinski definition) is 1. The number of carbonyl (C=O) groups excluding carboxylic acids is 1. The Kier molecular flexibility index (Phi) is 4.10. The third-order valence-electron chi connectivity index (χ3n) is 1.75. The highest BCUT2D eigenvalue weighted by molar-refractivity contribution is 9.11. The number of methoxy groups -OCH3 is 1. The number of rotatable bonds is 2. The zero-order chi connectivity index (χ0) is 10.7. The largest absolute Gasteiger partial charge is 0.468 e. The molecule has 76 valence electrons. The van der Waals surface area contributed by atoms with Crippen LogP contribution in [0.15, 0.2) is 27.1 Å². The number of esters is 1. The van der Waals surface area contributed by atoms with Crippen LogP contribution < -0.4 is 5.73 Å². The second-order valence-electron chi connectivity index (χ2n) is 2.67.